The Kier molecular flexibility index (Phi) is 15.1. The lowest BCUT2D eigenvalue weighted by Gasteiger charge is -2.40. The van der Waals surface area contributed by atoms with Gasteiger partial charge >= 0.3 is 0 Å². The molecule has 474 valence electrons. The summed E-state index contributed by atoms with van der Waals surface area (Å²) in [7, 11) is 4.85. The fraction of sp³-hybridized carbons (Fsp3) is 0.500. The van der Waals surface area contributed by atoms with Crippen molar-refractivity contribution in [2.75, 3.05) is 21.3 Å². The SMILES string of the molecule is COc1ccccc1C1C2=C(Cc3[nH]nc(C4CC(F)(F)C4)c31)CC(C)(C)CC2=O.COc1ccccc1[C@@H]1C2=C(Cc3[nH]nc(C4CC(F)(F)C4)c31)CC(C)(C)CC2=O.COc1ccccc1[C@H]1C2=C(Cc3[nH]nc(C4CC(F)(F)C4)c31)CC(C)(C)CC2=O. The van der Waals surface area contributed by atoms with Crippen molar-refractivity contribution in [2.24, 2.45) is 16.2 Å². The predicted octanol–water partition coefficient (Wildman–Crippen LogP) is 15.9. The number of H-pyrrole nitrogens is 3. The Morgan fingerprint density at radius 1 is 0.389 bits per heavy atom. The zero-order valence-electron chi connectivity index (χ0n) is 52.6. The zero-order valence-corrected chi connectivity index (χ0v) is 52.6. The summed E-state index contributed by atoms with van der Waals surface area (Å²) in [5.41, 5.74) is 15.9. The van der Waals surface area contributed by atoms with E-state index >= 15 is 0 Å². The molecule has 0 radical (unpaired) electrons. The van der Waals surface area contributed by atoms with Gasteiger partial charge in [-0.05, 0) is 53.7 Å². The Morgan fingerprint density at radius 3 is 0.867 bits per heavy atom. The van der Waals surface area contributed by atoms with E-state index in [0.29, 0.717) is 72.9 Å². The van der Waals surface area contributed by atoms with E-state index in [2.05, 4.69) is 72.1 Å². The van der Waals surface area contributed by atoms with Gasteiger partial charge in [-0.25, -0.2) is 26.3 Å². The number of alkyl halides is 6. The number of ketones is 3. The van der Waals surface area contributed by atoms with Gasteiger partial charge in [0.2, 0.25) is 17.8 Å². The summed E-state index contributed by atoms with van der Waals surface area (Å²) in [6.45, 7) is 12.7. The van der Waals surface area contributed by atoms with Gasteiger partial charge < -0.3 is 14.2 Å². The number of benzene rings is 3. The van der Waals surface area contributed by atoms with Crippen LogP contribution in [0.5, 0.6) is 17.2 Å². The van der Waals surface area contributed by atoms with Gasteiger partial charge in [0.05, 0.1) is 38.4 Å². The van der Waals surface area contributed by atoms with Crippen LogP contribution in [0.25, 0.3) is 0 Å². The van der Waals surface area contributed by atoms with Crippen LogP contribution < -0.4 is 14.2 Å². The number of para-hydroxylation sites is 3. The number of fused-ring (bicyclic) bond motifs is 3. The average molecular weight is 1240 g/mol. The topological polar surface area (TPSA) is 165 Å². The molecule has 9 aliphatic carbocycles. The molecule has 6 aromatic rings. The van der Waals surface area contributed by atoms with Gasteiger partial charge in [0.25, 0.3) is 0 Å². The highest BCUT2D eigenvalue weighted by atomic mass is 19.3. The summed E-state index contributed by atoms with van der Waals surface area (Å²) in [5, 5.41) is 22.9. The van der Waals surface area contributed by atoms with Crippen molar-refractivity contribution < 1.29 is 54.9 Å². The summed E-state index contributed by atoms with van der Waals surface area (Å²) in [5.74, 6) is -7.16. The van der Waals surface area contributed by atoms with E-state index in [4.69, 9.17) is 14.2 Å². The number of aromatic nitrogens is 6. The molecule has 3 saturated carbocycles. The minimum absolute atomic E-state index is 0.0857. The second-order valence-electron chi connectivity index (χ2n) is 29.3. The molecule has 18 heteroatoms. The van der Waals surface area contributed by atoms with Crippen molar-refractivity contribution in [1.82, 2.24) is 30.6 Å². The van der Waals surface area contributed by atoms with Crippen LogP contribution in [-0.2, 0) is 33.6 Å². The standard InChI is InChI=1S/3C24H26F2N2O2/c3*1-23(2)9-13-8-16-21(22(28-27-16)14-10-24(25,26)11-14)20(19(13)17(29)12-23)15-6-4-5-7-18(15)30-3/h3*4-7,14,20H,8-12H2,1-3H3,(H,27,28)/t2*20-;/m10./s1. The highest BCUT2D eigenvalue weighted by Crippen LogP contribution is 2.59. The summed E-state index contributed by atoms with van der Waals surface area (Å²) in [4.78, 5) is 40.1. The number of carbonyl (C=O) groups is 3. The molecular formula is C72H78F6N6O6. The number of carbonyl (C=O) groups excluding carboxylic acids is 3. The molecule has 3 atom stereocenters. The van der Waals surface area contributed by atoms with Crippen LogP contribution in [0.4, 0.5) is 26.3 Å². The first-order valence-corrected chi connectivity index (χ1v) is 31.6. The Balaban J connectivity index is 0.000000124. The minimum Gasteiger partial charge on any atom is -0.496 e. The van der Waals surface area contributed by atoms with Gasteiger partial charge in [0.1, 0.15) is 17.2 Å². The molecule has 0 aliphatic heterocycles. The highest BCUT2D eigenvalue weighted by molar-refractivity contribution is 6.02. The van der Waals surface area contributed by atoms with Gasteiger partial charge in [-0.1, -0.05) is 113 Å². The molecule has 0 saturated heterocycles. The van der Waals surface area contributed by atoms with Crippen LogP contribution >= 0.6 is 0 Å². The molecule has 3 fully saturated rings. The van der Waals surface area contributed by atoms with Crippen LogP contribution in [0.1, 0.15) is 222 Å². The molecule has 12 nitrogen and oxygen atoms in total. The lowest BCUT2D eigenvalue weighted by molar-refractivity contribution is -0.119. The quantitative estimate of drug-likeness (QED) is 0.120. The number of nitrogens with one attached hydrogen (secondary N) is 3. The van der Waals surface area contributed by atoms with E-state index < -0.39 is 17.8 Å². The van der Waals surface area contributed by atoms with E-state index in [1.165, 1.54) is 0 Å². The van der Waals surface area contributed by atoms with Gasteiger partial charge in [0, 0.05) is 180 Å². The molecule has 9 aliphatic rings. The van der Waals surface area contributed by atoms with E-state index in [0.717, 1.165) is 103 Å². The summed E-state index contributed by atoms with van der Waals surface area (Å²) >= 11 is 0. The molecular weight excluding hydrogens is 1160 g/mol. The second kappa shape index (κ2) is 22.1. The summed E-state index contributed by atoms with van der Waals surface area (Å²) < 4.78 is 98.8. The number of nitrogens with zero attached hydrogens (tertiary/aromatic N) is 3. The molecule has 3 aromatic heterocycles. The van der Waals surface area contributed by atoms with Crippen LogP contribution in [-0.4, -0.2) is 87.0 Å². The maximum absolute atomic E-state index is 13.6. The molecule has 3 aromatic carbocycles. The number of hydrogen-bond acceptors (Lipinski definition) is 9. The smallest absolute Gasteiger partial charge is 0.249 e. The first-order valence-electron chi connectivity index (χ1n) is 31.6. The van der Waals surface area contributed by atoms with Crippen LogP contribution in [0.2, 0.25) is 0 Å². The van der Waals surface area contributed by atoms with Crippen LogP contribution in [0, 0.1) is 16.2 Å². The van der Waals surface area contributed by atoms with Gasteiger partial charge in [0.15, 0.2) is 17.3 Å². The lowest BCUT2D eigenvalue weighted by Crippen LogP contribution is -2.36. The first kappa shape index (κ1) is 61.4. The molecule has 15 rings (SSSR count). The molecule has 0 bridgehead atoms. The van der Waals surface area contributed by atoms with Crippen molar-refractivity contribution in [3.05, 3.63) is 174 Å². The number of halogens is 6. The fourth-order valence-corrected chi connectivity index (χ4v) is 16.8. The van der Waals surface area contributed by atoms with Crippen molar-refractivity contribution in [2.45, 2.75) is 191 Å². The number of rotatable bonds is 9. The molecule has 3 N–H and O–H groups in total. The van der Waals surface area contributed by atoms with E-state index in [9.17, 15) is 40.7 Å². The van der Waals surface area contributed by atoms with Crippen molar-refractivity contribution in [3.63, 3.8) is 0 Å². The van der Waals surface area contributed by atoms with Crippen molar-refractivity contribution in [1.29, 1.82) is 0 Å². The third-order valence-corrected chi connectivity index (χ3v) is 20.5. The Hall–Kier alpha value is -7.50. The van der Waals surface area contributed by atoms with E-state index in [-0.39, 0.29) is 108 Å². The number of methoxy groups -OCH3 is 3. The van der Waals surface area contributed by atoms with Crippen LogP contribution in [0.15, 0.2) is 106 Å². The lowest BCUT2D eigenvalue weighted by atomic mass is 9.63. The third kappa shape index (κ3) is 11.1. The monoisotopic (exact) mass is 1240 g/mol. The van der Waals surface area contributed by atoms with Gasteiger partial charge in [-0.2, -0.15) is 15.3 Å². The van der Waals surface area contributed by atoms with Crippen molar-refractivity contribution in [3.8, 4) is 17.2 Å². The highest BCUT2D eigenvalue weighted by Gasteiger charge is 2.54. The summed E-state index contributed by atoms with van der Waals surface area (Å²) in [6, 6.07) is 23.1. The number of hydrogen-bond donors (Lipinski definition) is 3. The maximum atomic E-state index is 13.6. The largest absolute Gasteiger partial charge is 0.496 e. The fourth-order valence-electron chi connectivity index (χ4n) is 16.8. The Labute approximate surface area is 520 Å². The second-order valence-corrected chi connectivity index (χ2v) is 29.3. The van der Waals surface area contributed by atoms with E-state index in [1.807, 2.05) is 72.8 Å². The molecule has 0 amide bonds. The summed E-state index contributed by atoms with van der Waals surface area (Å²) in [6.07, 6.45) is 4.76. The number of allylic oxidation sites excluding steroid dienone is 6. The molecule has 3 heterocycles. The van der Waals surface area contributed by atoms with Gasteiger partial charge in [-0.15, -0.1) is 0 Å². The normalized spacial score (nSPS) is 24.8. The number of aromatic amines is 3. The van der Waals surface area contributed by atoms with Crippen molar-refractivity contribution >= 4 is 17.3 Å². The molecule has 90 heavy (non-hydrogen) atoms. The molecule has 1 unspecified atom stereocenters. The number of Topliss-reactive ketones (excluding diaryl/α,β-unsaturated/α-hetero) is 3. The van der Waals surface area contributed by atoms with E-state index in [1.54, 1.807) is 21.3 Å². The zero-order chi connectivity index (χ0) is 63.8. The maximum Gasteiger partial charge on any atom is 0.249 e. The number of ether oxygens (including phenoxy) is 3. The Bertz CT molecular complexity index is 3580. The first-order chi connectivity index (χ1) is 42.6. The third-order valence-electron chi connectivity index (χ3n) is 20.5. The molecule has 0 spiro atoms. The van der Waals surface area contributed by atoms with Crippen LogP contribution in [0.3, 0.4) is 0 Å². The Morgan fingerprint density at radius 2 is 0.633 bits per heavy atom. The predicted molar refractivity (Wildman–Crippen MR) is 327 cm³/mol. The average Bonchev–Trinajstić information content (AvgIpc) is 1.19. The van der Waals surface area contributed by atoms with Gasteiger partial charge in [-0.3, -0.25) is 29.7 Å². The minimum atomic E-state index is -2.62.